The van der Waals surface area contributed by atoms with Crippen LogP contribution in [0.15, 0.2) is 188 Å². The van der Waals surface area contributed by atoms with Crippen LogP contribution in [0.3, 0.4) is 0 Å². The fourth-order valence-electron chi connectivity index (χ4n) is 8.89. The van der Waals surface area contributed by atoms with E-state index in [1.165, 1.54) is 49.0 Å². The summed E-state index contributed by atoms with van der Waals surface area (Å²) in [7, 11) is 0. The molecule has 0 aromatic heterocycles. The molecule has 0 saturated heterocycles. The Morgan fingerprint density at radius 1 is 0.290 bits per heavy atom. The van der Waals surface area contributed by atoms with Gasteiger partial charge in [-0.15, -0.1) is 0 Å². The highest BCUT2D eigenvalue weighted by atomic mass is 15.2. The molecule has 62 heavy (non-hydrogen) atoms. The molecule has 0 aliphatic carbocycles. The van der Waals surface area contributed by atoms with Gasteiger partial charge in [-0.2, -0.15) is 0 Å². The molecule has 9 aromatic rings. The predicted molar refractivity (Wildman–Crippen MR) is 270 cm³/mol. The van der Waals surface area contributed by atoms with Gasteiger partial charge in [0.1, 0.15) is 0 Å². The maximum Gasteiger partial charge on any atom is 0.0564 e. The summed E-state index contributed by atoms with van der Waals surface area (Å²) in [5.74, 6) is 0. The molecule has 2 nitrogen and oxygen atoms in total. The molecular formula is C60H58N2. The van der Waals surface area contributed by atoms with Gasteiger partial charge in [0.25, 0.3) is 0 Å². The third kappa shape index (κ3) is 7.75. The summed E-state index contributed by atoms with van der Waals surface area (Å²) in [6, 6.07) is 70.2. The van der Waals surface area contributed by atoms with E-state index in [4.69, 9.17) is 0 Å². The van der Waals surface area contributed by atoms with E-state index in [0.29, 0.717) is 0 Å². The summed E-state index contributed by atoms with van der Waals surface area (Å²) in [6.07, 6.45) is 0. The SMILES string of the molecule is CC(C)(C)c1ccc(N(c2ccccc2)c2cc(C(C)(C)C)cc(N(c3ccc(C(C)(C)C)cc3)c3cccc4c3ccc3ccccc34)c2-c2ccc3ccccc3c2)cc1. The van der Waals surface area contributed by atoms with Gasteiger partial charge in [0.2, 0.25) is 0 Å². The van der Waals surface area contributed by atoms with E-state index < -0.39 is 0 Å². The lowest BCUT2D eigenvalue weighted by atomic mass is 9.83. The van der Waals surface area contributed by atoms with Crippen molar-refractivity contribution < 1.29 is 0 Å². The Balaban J connectivity index is 1.44. The van der Waals surface area contributed by atoms with Gasteiger partial charge in [-0.1, -0.05) is 190 Å². The highest BCUT2D eigenvalue weighted by Gasteiger charge is 2.30. The second-order valence-electron chi connectivity index (χ2n) is 20.0. The van der Waals surface area contributed by atoms with E-state index in [2.05, 4.69) is 260 Å². The maximum absolute atomic E-state index is 2.54. The summed E-state index contributed by atoms with van der Waals surface area (Å²) in [4.78, 5) is 5.02. The van der Waals surface area contributed by atoms with E-state index in [1.807, 2.05) is 0 Å². The monoisotopic (exact) mass is 806 g/mol. The van der Waals surface area contributed by atoms with E-state index in [1.54, 1.807) is 0 Å². The van der Waals surface area contributed by atoms with Crippen LogP contribution in [-0.2, 0) is 16.2 Å². The summed E-state index contributed by atoms with van der Waals surface area (Å²) in [5.41, 5.74) is 12.7. The topological polar surface area (TPSA) is 6.48 Å². The third-order valence-corrected chi connectivity index (χ3v) is 12.5. The van der Waals surface area contributed by atoms with Crippen molar-refractivity contribution in [3.8, 4) is 11.1 Å². The molecule has 0 atom stereocenters. The van der Waals surface area contributed by atoms with Crippen molar-refractivity contribution in [3.63, 3.8) is 0 Å². The fraction of sp³-hybridized carbons (Fsp3) is 0.200. The van der Waals surface area contributed by atoms with Crippen molar-refractivity contribution >= 4 is 66.4 Å². The van der Waals surface area contributed by atoms with Crippen LogP contribution in [0, 0.1) is 0 Å². The van der Waals surface area contributed by atoms with Crippen LogP contribution in [-0.4, -0.2) is 0 Å². The van der Waals surface area contributed by atoms with Gasteiger partial charge in [-0.05, 0) is 126 Å². The van der Waals surface area contributed by atoms with E-state index in [0.717, 1.165) is 45.3 Å². The number of nitrogens with zero attached hydrogens (tertiary/aromatic N) is 2. The van der Waals surface area contributed by atoms with Crippen molar-refractivity contribution in [2.75, 3.05) is 9.80 Å². The lowest BCUT2D eigenvalue weighted by molar-refractivity contribution is 0.589. The smallest absolute Gasteiger partial charge is 0.0564 e. The number of fused-ring (bicyclic) bond motifs is 4. The average Bonchev–Trinajstić information content (AvgIpc) is 3.26. The first-order valence-corrected chi connectivity index (χ1v) is 22.1. The molecule has 0 unspecified atom stereocenters. The first-order valence-electron chi connectivity index (χ1n) is 22.1. The van der Waals surface area contributed by atoms with Crippen LogP contribution in [0.1, 0.15) is 79.0 Å². The van der Waals surface area contributed by atoms with Gasteiger partial charge in [-0.3, -0.25) is 0 Å². The molecule has 0 heterocycles. The molecule has 9 aromatic carbocycles. The summed E-state index contributed by atoms with van der Waals surface area (Å²) >= 11 is 0. The first-order chi connectivity index (χ1) is 29.6. The highest BCUT2D eigenvalue weighted by molar-refractivity contribution is 6.13. The molecule has 0 saturated carbocycles. The number of benzene rings is 9. The lowest BCUT2D eigenvalue weighted by Gasteiger charge is -2.36. The molecule has 0 aliphatic heterocycles. The van der Waals surface area contributed by atoms with Crippen molar-refractivity contribution in [1.29, 1.82) is 0 Å². The van der Waals surface area contributed by atoms with Gasteiger partial charge in [-0.25, -0.2) is 0 Å². The molecule has 0 radical (unpaired) electrons. The third-order valence-electron chi connectivity index (χ3n) is 12.5. The van der Waals surface area contributed by atoms with E-state index in [-0.39, 0.29) is 16.2 Å². The first kappa shape index (κ1) is 40.7. The Morgan fingerprint density at radius 3 is 1.39 bits per heavy atom. The van der Waals surface area contributed by atoms with Crippen molar-refractivity contribution in [1.82, 2.24) is 0 Å². The van der Waals surface area contributed by atoms with Crippen LogP contribution in [0.25, 0.3) is 43.4 Å². The average molecular weight is 807 g/mol. The Labute approximate surface area is 369 Å². The standard InChI is InChI=1S/C60H58N2/c1-58(2,3)45-29-33-49(34-30-45)61(48-21-11-10-12-22-48)55-39-47(60(7,8)9)40-56(57(55)44-27-26-41-18-13-14-20-43(41)38-44)62(50-35-31-46(32-36-50)59(4,5)6)54-25-17-24-52-51-23-16-15-19-42(51)28-37-53(52)54/h10-40H,1-9H3. The lowest BCUT2D eigenvalue weighted by Crippen LogP contribution is -2.20. The van der Waals surface area contributed by atoms with Gasteiger partial charge >= 0.3 is 0 Å². The van der Waals surface area contributed by atoms with Crippen LogP contribution in [0.2, 0.25) is 0 Å². The number of hydrogen-bond acceptors (Lipinski definition) is 2. The van der Waals surface area contributed by atoms with Gasteiger partial charge in [0, 0.05) is 28.0 Å². The van der Waals surface area contributed by atoms with Gasteiger partial charge in [0.15, 0.2) is 0 Å². The Kier molecular flexibility index (Phi) is 10.3. The normalized spacial score (nSPS) is 12.3. The van der Waals surface area contributed by atoms with Crippen LogP contribution >= 0.6 is 0 Å². The largest absolute Gasteiger partial charge is 0.310 e. The summed E-state index contributed by atoms with van der Waals surface area (Å²) in [6.45, 7) is 20.7. The second-order valence-corrected chi connectivity index (χ2v) is 20.0. The quantitative estimate of drug-likeness (QED) is 0.148. The fourth-order valence-corrected chi connectivity index (χ4v) is 8.89. The van der Waals surface area contributed by atoms with Crippen LogP contribution < -0.4 is 9.80 Å². The molecule has 308 valence electrons. The number of hydrogen-bond donors (Lipinski definition) is 0. The minimum Gasteiger partial charge on any atom is -0.310 e. The molecule has 9 rings (SSSR count). The predicted octanol–water partition coefficient (Wildman–Crippen LogP) is 17.6. The molecule has 0 spiro atoms. The van der Waals surface area contributed by atoms with Crippen molar-refractivity contribution in [2.24, 2.45) is 0 Å². The van der Waals surface area contributed by atoms with E-state index >= 15 is 0 Å². The molecule has 0 fully saturated rings. The Hall–Kier alpha value is -6.64. The molecule has 0 N–H and O–H groups in total. The molecule has 2 heteroatoms. The van der Waals surface area contributed by atoms with Crippen LogP contribution in [0.5, 0.6) is 0 Å². The minimum atomic E-state index is -0.180. The van der Waals surface area contributed by atoms with E-state index in [9.17, 15) is 0 Å². The Morgan fingerprint density at radius 2 is 0.774 bits per heavy atom. The zero-order valence-electron chi connectivity index (χ0n) is 37.8. The number of rotatable bonds is 7. The van der Waals surface area contributed by atoms with Gasteiger partial charge in [0.05, 0.1) is 17.1 Å². The molecule has 0 amide bonds. The van der Waals surface area contributed by atoms with Crippen molar-refractivity contribution in [2.45, 2.75) is 78.6 Å². The summed E-state index contributed by atoms with van der Waals surface area (Å²) in [5, 5.41) is 7.36. The summed E-state index contributed by atoms with van der Waals surface area (Å²) < 4.78 is 0. The molecule has 0 aliphatic rings. The number of anilines is 6. The zero-order valence-corrected chi connectivity index (χ0v) is 37.8. The van der Waals surface area contributed by atoms with Crippen LogP contribution in [0.4, 0.5) is 34.1 Å². The van der Waals surface area contributed by atoms with Crippen molar-refractivity contribution in [3.05, 3.63) is 205 Å². The molecular weight excluding hydrogens is 749 g/mol. The zero-order chi connectivity index (χ0) is 43.4. The highest BCUT2D eigenvalue weighted by Crippen LogP contribution is 2.52. The molecule has 0 bridgehead atoms. The van der Waals surface area contributed by atoms with Gasteiger partial charge < -0.3 is 9.80 Å². The number of para-hydroxylation sites is 1. The maximum atomic E-state index is 2.54. The Bertz CT molecular complexity index is 3050. The minimum absolute atomic E-state index is 0.00994. The second kappa shape index (κ2) is 15.7.